The molecule has 90 valence electrons. The van der Waals surface area contributed by atoms with E-state index in [2.05, 4.69) is 22.0 Å². The van der Waals surface area contributed by atoms with Gasteiger partial charge in [-0.3, -0.25) is 0 Å². The van der Waals surface area contributed by atoms with Gasteiger partial charge in [0.05, 0.1) is 4.88 Å². The van der Waals surface area contributed by atoms with Crippen molar-refractivity contribution in [2.75, 3.05) is 19.0 Å². The van der Waals surface area contributed by atoms with Crippen LogP contribution in [0.3, 0.4) is 0 Å². The van der Waals surface area contributed by atoms with E-state index in [1.165, 1.54) is 0 Å². The molecule has 0 unspecified atom stereocenters. The van der Waals surface area contributed by atoms with Crippen molar-refractivity contribution in [3.8, 4) is 10.6 Å². The van der Waals surface area contributed by atoms with Crippen molar-refractivity contribution in [3.63, 3.8) is 0 Å². The van der Waals surface area contributed by atoms with Crippen LogP contribution in [0.2, 0.25) is 5.15 Å². The third-order valence-electron chi connectivity index (χ3n) is 2.47. The summed E-state index contributed by atoms with van der Waals surface area (Å²) in [5, 5.41) is 1.44. The molecule has 1 aromatic carbocycles. The van der Waals surface area contributed by atoms with Crippen molar-refractivity contribution in [2.24, 2.45) is 5.73 Å². The van der Waals surface area contributed by atoms with E-state index >= 15 is 0 Å². The Morgan fingerprint density at radius 2 is 1.94 bits per heavy atom. The van der Waals surface area contributed by atoms with Crippen LogP contribution >= 0.6 is 22.9 Å². The smallest absolute Gasteiger partial charge is 0.145 e. The normalized spacial score (nSPS) is 10.6. The van der Waals surface area contributed by atoms with Crippen molar-refractivity contribution >= 4 is 28.6 Å². The number of aromatic nitrogens is 1. The predicted octanol–water partition coefficient (Wildman–Crippen LogP) is 2.99. The number of thiazole rings is 1. The minimum Gasteiger partial charge on any atom is -0.378 e. The topological polar surface area (TPSA) is 42.2 Å². The van der Waals surface area contributed by atoms with Crippen LogP contribution in [-0.2, 0) is 6.54 Å². The van der Waals surface area contributed by atoms with Gasteiger partial charge >= 0.3 is 0 Å². The maximum Gasteiger partial charge on any atom is 0.145 e. The number of hydrogen-bond donors (Lipinski definition) is 1. The van der Waals surface area contributed by atoms with Gasteiger partial charge in [-0.2, -0.15) is 0 Å². The van der Waals surface area contributed by atoms with Crippen LogP contribution in [0, 0.1) is 0 Å². The van der Waals surface area contributed by atoms with Gasteiger partial charge in [0.15, 0.2) is 0 Å². The molecular formula is C12H14ClN3S. The van der Waals surface area contributed by atoms with Crippen LogP contribution in [0.4, 0.5) is 5.69 Å². The molecule has 2 N–H and O–H groups in total. The van der Waals surface area contributed by atoms with Crippen LogP contribution in [0.1, 0.15) is 4.88 Å². The molecule has 17 heavy (non-hydrogen) atoms. The molecule has 0 saturated carbocycles. The van der Waals surface area contributed by atoms with Gasteiger partial charge in [0.25, 0.3) is 0 Å². The monoisotopic (exact) mass is 267 g/mol. The minimum absolute atomic E-state index is 0.437. The highest BCUT2D eigenvalue weighted by molar-refractivity contribution is 7.15. The first-order chi connectivity index (χ1) is 8.11. The third-order valence-corrected chi connectivity index (χ3v) is 4.02. The second-order valence-corrected chi connectivity index (χ2v) is 5.32. The van der Waals surface area contributed by atoms with E-state index < -0.39 is 0 Å². The highest BCUT2D eigenvalue weighted by Crippen LogP contribution is 2.31. The van der Waals surface area contributed by atoms with Crippen LogP contribution in [-0.4, -0.2) is 19.1 Å². The second-order valence-electron chi connectivity index (χ2n) is 3.88. The van der Waals surface area contributed by atoms with Crippen molar-refractivity contribution in [1.29, 1.82) is 0 Å². The molecule has 2 rings (SSSR count). The molecular weight excluding hydrogens is 254 g/mol. The molecule has 0 bridgehead atoms. The molecule has 0 aliphatic heterocycles. The van der Waals surface area contributed by atoms with Gasteiger partial charge in [-0.15, -0.1) is 11.3 Å². The Morgan fingerprint density at radius 1 is 1.29 bits per heavy atom. The SMILES string of the molecule is CN(C)c1ccc(-c2nc(Cl)c(CN)s2)cc1. The van der Waals surface area contributed by atoms with Gasteiger partial charge in [-0.25, -0.2) is 4.98 Å². The van der Waals surface area contributed by atoms with E-state index in [9.17, 15) is 0 Å². The number of benzene rings is 1. The molecule has 0 amide bonds. The van der Waals surface area contributed by atoms with E-state index in [4.69, 9.17) is 17.3 Å². The standard InChI is InChI=1S/C12H14ClN3S/c1-16(2)9-5-3-8(4-6-9)12-15-11(13)10(7-14)17-12/h3-6H,7,14H2,1-2H3. The van der Waals surface area contributed by atoms with Crippen molar-refractivity contribution < 1.29 is 0 Å². The molecule has 0 saturated heterocycles. The Labute approximate surface area is 110 Å². The first-order valence-electron chi connectivity index (χ1n) is 5.25. The summed E-state index contributed by atoms with van der Waals surface area (Å²) in [4.78, 5) is 7.31. The Balaban J connectivity index is 2.33. The van der Waals surface area contributed by atoms with E-state index in [0.717, 1.165) is 21.1 Å². The summed E-state index contributed by atoms with van der Waals surface area (Å²) in [6.07, 6.45) is 0. The molecule has 0 atom stereocenters. The number of nitrogens with two attached hydrogens (primary N) is 1. The van der Waals surface area contributed by atoms with E-state index in [1.54, 1.807) is 11.3 Å². The Hall–Kier alpha value is -1.10. The number of rotatable bonds is 3. The summed E-state index contributed by atoms with van der Waals surface area (Å²) in [7, 11) is 4.03. The Morgan fingerprint density at radius 3 is 2.41 bits per heavy atom. The lowest BCUT2D eigenvalue weighted by Gasteiger charge is -2.11. The molecule has 0 radical (unpaired) electrons. The summed E-state index contributed by atoms with van der Waals surface area (Å²) in [6, 6.07) is 8.22. The lowest BCUT2D eigenvalue weighted by atomic mass is 10.2. The average molecular weight is 268 g/mol. The first-order valence-corrected chi connectivity index (χ1v) is 6.44. The van der Waals surface area contributed by atoms with Gasteiger partial charge in [0.2, 0.25) is 0 Å². The lowest BCUT2D eigenvalue weighted by Crippen LogP contribution is -2.07. The fourth-order valence-electron chi connectivity index (χ4n) is 1.48. The zero-order chi connectivity index (χ0) is 12.4. The van der Waals surface area contributed by atoms with Crippen LogP contribution in [0.25, 0.3) is 10.6 Å². The van der Waals surface area contributed by atoms with Crippen LogP contribution in [0.5, 0.6) is 0 Å². The first kappa shape index (κ1) is 12.4. The van der Waals surface area contributed by atoms with Gasteiger partial charge in [-0.05, 0) is 24.3 Å². The Kier molecular flexibility index (Phi) is 3.66. The predicted molar refractivity (Wildman–Crippen MR) is 74.8 cm³/mol. The van der Waals surface area contributed by atoms with E-state index in [-0.39, 0.29) is 0 Å². The fourth-order valence-corrected chi connectivity index (χ4v) is 2.65. The lowest BCUT2D eigenvalue weighted by molar-refractivity contribution is 1.10. The zero-order valence-corrected chi connectivity index (χ0v) is 11.3. The van der Waals surface area contributed by atoms with Gasteiger partial charge in [0.1, 0.15) is 10.2 Å². The van der Waals surface area contributed by atoms with Crippen molar-refractivity contribution in [3.05, 3.63) is 34.3 Å². The van der Waals surface area contributed by atoms with E-state index in [0.29, 0.717) is 11.7 Å². The molecule has 5 heteroatoms. The highest BCUT2D eigenvalue weighted by Gasteiger charge is 2.09. The molecule has 3 nitrogen and oxygen atoms in total. The number of hydrogen-bond acceptors (Lipinski definition) is 4. The summed E-state index contributed by atoms with van der Waals surface area (Å²) in [5.41, 5.74) is 7.82. The summed E-state index contributed by atoms with van der Waals surface area (Å²) < 4.78 is 0. The number of anilines is 1. The quantitative estimate of drug-likeness (QED) is 0.930. The van der Waals surface area contributed by atoms with Crippen molar-refractivity contribution in [2.45, 2.75) is 6.54 Å². The summed E-state index contributed by atoms with van der Waals surface area (Å²) in [6.45, 7) is 0.437. The number of halogens is 1. The second kappa shape index (κ2) is 5.04. The third kappa shape index (κ3) is 2.60. The van der Waals surface area contributed by atoms with Gasteiger partial charge < -0.3 is 10.6 Å². The van der Waals surface area contributed by atoms with E-state index in [1.807, 2.05) is 26.2 Å². The van der Waals surface area contributed by atoms with Crippen LogP contribution in [0.15, 0.2) is 24.3 Å². The molecule has 0 fully saturated rings. The summed E-state index contributed by atoms with van der Waals surface area (Å²) in [5.74, 6) is 0. The van der Waals surface area contributed by atoms with Gasteiger partial charge in [-0.1, -0.05) is 11.6 Å². The fraction of sp³-hybridized carbons (Fsp3) is 0.250. The maximum absolute atomic E-state index is 5.99. The van der Waals surface area contributed by atoms with Crippen molar-refractivity contribution in [1.82, 2.24) is 4.98 Å². The Bertz CT molecular complexity index is 505. The zero-order valence-electron chi connectivity index (χ0n) is 9.77. The maximum atomic E-state index is 5.99. The molecule has 1 aromatic heterocycles. The molecule has 2 aromatic rings. The van der Waals surface area contributed by atoms with Crippen LogP contribution < -0.4 is 10.6 Å². The molecule has 0 aliphatic carbocycles. The average Bonchev–Trinajstić information content (AvgIpc) is 2.70. The molecule has 1 heterocycles. The molecule has 0 aliphatic rings. The van der Waals surface area contributed by atoms with Gasteiger partial charge in [0, 0.05) is 31.9 Å². The number of nitrogens with zero attached hydrogens (tertiary/aromatic N) is 2. The highest BCUT2D eigenvalue weighted by atomic mass is 35.5. The molecule has 0 spiro atoms. The largest absolute Gasteiger partial charge is 0.378 e. The summed E-state index contributed by atoms with van der Waals surface area (Å²) >= 11 is 7.53. The minimum atomic E-state index is 0.437.